The number of furan rings is 1. The Morgan fingerprint density at radius 3 is 2.77 bits per heavy atom. The minimum Gasteiger partial charge on any atom is -0.464 e. The van der Waals surface area contributed by atoms with Gasteiger partial charge in [0.2, 0.25) is 0 Å². The van der Waals surface area contributed by atoms with Crippen LogP contribution in [0, 0.1) is 0 Å². The smallest absolute Gasteiger partial charge is 0.134 e. The third kappa shape index (κ3) is 4.63. The average Bonchev–Trinajstić information content (AvgIpc) is 3.09. The first-order valence-electron chi connectivity index (χ1n) is 8.63. The molecule has 0 atom stereocenters. The van der Waals surface area contributed by atoms with Crippen LogP contribution in [0.3, 0.4) is 0 Å². The Morgan fingerprint density at radius 2 is 1.96 bits per heavy atom. The maximum absolute atomic E-state index is 5.58. The van der Waals surface area contributed by atoms with Gasteiger partial charge >= 0.3 is 0 Å². The summed E-state index contributed by atoms with van der Waals surface area (Å²) in [7, 11) is 0. The van der Waals surface area contributed by atoms with Crippen LogP contribution in [0.4, 0.5) is 5.69 Å². The number of anilines is 1. The second kappa shape index (κ2) is 8.72. The summed E-state index contributed by atoms with van der Waals surface area (Å²) >= 11 is 0. The monoisotopic (exact) mass is 345 g/mol. The van der Waals surface area contributed by atoms with Crippen molar-refractivity contribution in [1.29, 1.82) is 0 Å². The van der Waals surface area contributed by atoms with E-state index in [0.717, 1.165) is 35.6 Å². The van der Waals surface area contributed by atoms with Gasteiger partial charge in [-0.25, -0.2) is 0 Å². The first-order chi connectivity index (χ1) is 12.8. The number of hydrogen-bond donors (Lipinski definition) is 2. The van der Waals surface area contributed by atoms with Gasteiger partial charge in [-0.3, -0.25) is 4.98 Å². The van der Waals surface area contributed by atoms with Crippen LogP contribution in [0.5, 0.6) is 0 Å². The zero-order chi connectivity index (χ0) is 18.2. The van der Waals surface area contributed by atoms with Crippen LogP contribution in [0.15, 0.2) is 95.7 Å². The molecule has 3 aromatic rings. The highest BCUT2D eigenvalue weighted by atomic mass is 16.3. The molecule has 1 aromatic carbocycles. The van der Waals surface area contributed by atoms with E-state index in [-0.39, 0.29) is 0 Å². The first-order valence-corrected chi connectivity index (χ1v) is 8.63. The van der Waals surface area contributed by atoms with Gasteiger partial charge < -0.3 is 15.1 Å². The van der Waals surface area contributed by atoms with E-state index in [1.807, 2.05) is 48.7 Å². The number of nitrogens with zero attached hydrogens (tertiary/aromatic N) is 1. The van der Waals surface area contributed by atoms with Crippen molar-refractivity contribution < 1.29 is 4.42 Å². The molecule has 0 bridgehead atoms. The Kier molecular flexibility index (Phi) is 5.88. The molecule has 2 aromatic heterocycles. The average molecular weight is 345 g/mol. The zero-order valence-electron chi connectivity index (χ0n) is 14.9. The van der Waals surface area contributed by atoms with Crippen molar-refractivity contribution in [3.8, 4) is 0 Å². The Balaban J connectivity index is 1.55. The molecule has 0 spiro atoms. The maximum Gasteiger partial charge on any atom is 0.134 e. The van der Waals surface area contributed by atoms with Gasteiger partial charge in [0.1, 0.15) is 5.58 Å². The molecule has 0 radical (unpaired) electrons. The maximum atomic E-state index is 5.58. The summed E-state index contributed by atoms with van der Waals surface area (Å²) in [6, 6.07) is 12.0. The molecular formula is C22H23N3O. The summed E-state index contributed by atoms with van der Waals surface area (Å²) < 4.78 is 5.58. The van der Waals surface area contributed by atoms with Crippen molar-refractivity contribution in [3.05, 3.63) is 96.8 Å². The lowest BCUT2D eigenvalue weighted by molar-refractivity contribution is 0.609. The van der Waals surface area contributed by atoms with Gasteiger partial charge in [-0.05, 0) is 55.3 Å². The summed E-state index contributed by atoms with van der Waals surface area (Å²) in [5.41, 5.74) is 5.17. The lowest BCUT2D eigenvalue weighted by atomic mass is 10.1. The second-order valence-corrected chi connectivity index (χ2v) is 5.97. The zero-order valence-corrected chi connectivity index (χ0v) is 14.9. The Hall–Kier alpha value is -3.27. The minimum absolute atomic E-state index is 0.848. The quantitative estimate of drug-likeness (QED) is 0.561. The van der Waals surface area contributed by atoms with E-state index in [9.17, 15) is 0 Å². The van der Waals surface area contributed by atoms with Crippen molar-refractivity contribution in [2.75, 3.05) is 11.9 Å². The fourth-order valence-corrected chi connectivity index (χ4v) is 2.66. The summed E-state index contributed by atoms with van der Waals surface area (Å²) in [4.78, 5) is 4.01. The number of para-hydroxylation sites is 1. The molecule has 2 N–H and O–H groups in total. The number of pyridine rings is 1. The number of hydrogen-bond acceptors (Lipinski definition) is 4. The van der Waals surface area contributed by atoms with Crippen LogP contribution in [-0.4, -0.2) is 11.5 Å². The highest BCUT2D eigenvalue weighted by Crippen LogP contribution is 2.20. The highest BCUT2D eigenvalue weighted by molar-refractivity contribution is 5.80. The van der Waals surface area contributed by atoms with E-state index in [0.29, 0.717) is 0 Å². The van der Waals surface area contributed by atoms with Gasteiger partial charge in [0, 0.05) is 41.4 Å². The van der Waals surface area contributed by atoms with E-state index in [2.05, 4.69) is 35.2 Å². The van der Waals surface area contributed by atoms with Gasteiger partial charge in [-0.2, -0.15) is 0 Å². The number of aromatic nitrogens is 1. The van der Waals surface area contributed by atoms with E-state index in [4.69, 9.17) is 4.42 Å². The molecule has 2 heterocycles. The van der Waals surface area contributed by atoms with Gasteiger partial charge in [0.25, 0.3) is 0 Å². The molecule has 0 saturated carbocycles. The number of rotatable bonds is 8. The lowest BCUT2D eigenvalue weighted by Gasteiger charge is -2.07. The minimum atomic E-state index is 0.848. The van der Waals surface area contributed by atoms with Crippen molar-refractivity contribution in [2.24, 2.45) is 0 Å². The molecular weight excluding hydrogens is 322 g/mol. The van der Waals surface area contributed by atoms with E-state index < -0.39 is 0 Å². The molecule has 132 valence electrons. The van der Waals surface area contributed by atoms with Crippen LogP contribution >= 0.6 is 0 Å². The molecule has 0 saturated heterocycles. The standard InChI is InChI=1S/C22H23N3O/c1-3-19(25-20-11-13-23-14-12-20)9-8-17(2)24-15-10-18-16-26-22-7-5-4-6-21(18)22/h3-9,11-14,16,24H,1,10,15H2,2H3,(H,23,25)/b17-8+,19-9+. The molecule has 0 aliphatic heterocycles. The molecule has 4 heteroatoms. The van der Waals surface area contributed by atoms with Crippen LogP contribution in [0.1, 0.15) is 12.5 Å². The molecule has 0 amide bonds. The summed E-state index contributed by atoms with van der Waals surface area (Å²) in [6.45, 7) is 6.75. The summed E-state index contributed by atoms with van der Waals surface area (Å²) in [6.07, 6.45) is 12.1. The molecule has 0 fully saturated rings. The van der Waals surface area contributed by atoms with E-state index in [1.54, 1.807) is 18.5 Å². The van der Waals surface area contributed by atoms with Crippen molar-refractivity contribution >= 4 is 16.7 Å². The Morgan fingerprint density at radius 1 is 1.15 bits per heavy atom. The van der Waals surface area contributed by atoms with Gasteiger partial charge in [-0.15, -0.1) is 0 Å². The Labute approximate surface area is 153 Å². The normalized spacial score (nSPS) is 12.2. The second-order valence-electron chi connectivity index (χ2n) is 5.97. The van der Waals surface area contributed by atoms with E-state index >= 15 is 0 Å². The molecule has 26 heavy (non-hydrogen) atoms. The van der Waals surface area contributed by atoms with Crippen LogP contribution in [-0.2, 0) is 6.42 Å². The fraction of sp³-hybridized carbons (Fsp3) is 0.136. The lowest BCUT2D eigenvalue weighted by Crippen LogP contribution is -2.14. The number of nitrogens with one attached hydrogen (secondary N) is 2. The predicted molar refractivity (Wildman–Crippen MR) is 108 cm³/mol. The van der Waals surface area contributed by atoms with Crippen LogP contribution in [0.2, 0.25) is 0 Å². The molecule has 0 aliphatic carbocycles. The largest absolute Gasteiger partial charge is 0.464 e. The van der Waals surface area contributed by atoms with Gasteiger partial charge in [-0.1, -0.05) is 24.8 Å². The molecule has 0 unspecified atom stereocenters. The van der Waals surface area contributed by atoms with Crippen molar-refractivity contribution in [3.63, 3.8) is 0 Å². The van der Waals surface area contributed by atoms with Gasteiger partial charge in [0.05, 0.1) is 6.26 Å². The third-order valence-electron chi connectivity index (χ3n) is 4.06. The number of benzene rings is 1. The number of allylic oxidation sites excluding steroid dienone is 4. The molecule has 4 nitrogen and oxygen atoms in total. The molecule has 0 aliphatic rings. The predicted octanol–water partition coefficient (Wildman–Crippen LogP) is 5.05. The third-order valence-corrected chi connectivity index (χ3v) is 4.06. The molecule has 3 rings (SSSR count). The topological polar surface area (TPSA) is 50.1 Å². The Bertz CT molecular complexity index is 923. The number of fused-ring (bicyclic) bond motifs is 1. The van der Waals surface area contributed by atoms with Crippen molar-refractivity contribution in [2.45, 2.75) is 13.3 Å². The van der Waals surface area contributed by atoms with E-state index in [1.165, 1.54) is 10.9 Å². The van der Waals surface area contributed by atoms with Gasteiger partial charge in [0.15, 0.2) is 0 Å². The van der Waals surface area contributed by atoms with Crippen molar-refractivity contribution in [1.82, 2.24) is 10.3 Å². The fourth-order valence-electron chi connectivity index (χ4n) is 2.66. The first kappa shape index (κ1) is 17.5. The SMILES string of the molecule is C=C/C(=C\C=C(/C)NCCc1coc2ccccc12)Nc1ccncc1. The summed E-state index contributed by atoms with van der Waals surface area (Å²) in [5.74, 6) is 0. The van der Waals surface area contributed by atoms with Crippen LogP contribution in [0.25, 0.3) is 11.0 Å². The summed E-state index contributed by atoms with van der Waals surface area (Å²) in [5, 5.41) is 7.92. The van der Waals surface area contributed by atoms with Crippen LogP contribution < -0.4 is 10.6 Å². The highest BCUT2D eigenvalue weighted by Gasteiger charge is 2.04.